The van der Waals surface area contributed by atoms with Gasteiger partial charge in [0.05, 0.1) is 6.54 Å². The molecule has 0 radical (unpaired) electrons. The quantitative estimate of drug-likeness (QED) is 0.850. The summed E-state index contributed by atoms with van der Waals surface area (Å²) in [5.41, 5.74) is 8.09. The molecule has 0 saturated heterocycles. The molecule has 2 heterocycles. The third kappa shape index (κ3) is 1.87. The summed E-state index contributed by atoms with van der Waals surface area (Å²) in [6, 6.07) is 9.48. The van der Waals surface area contributed by atoms with Crippen molar-refractivity contribution in [3.05, 3.63) is 35.9 Å². The van der Waals surface area contributed by atoms with Crippen molar-refractivity contribution in [2.45, 2.75) is 0 Å². The average molecular weight is 229 g/mol. The molecule has 3 rings (SSSR count). The highest BCUT2D eigenvalue weighted by molar-refractivity contribution is 5.96. The van der Waals surface area contributed by atoms with Gasteiger partial charge in [-0.15, -0.1) is 0 Å². The summed E-state index contributed by atoms with van der Waals surface area (Å²) < 4.78 is 10.3. The Labute approximate surface area is 97.9 Å². The van der Waals surface area contributed by atoms with Crippen molar-refractivity contribution in [2.75, 3.05) is 18.9 Å². The van der Waals surface area contributed by atoms with Crippen LogP contribution in [0.1, 0.15) is 5.56 Å². The zero-order chi connectivity index (χ0) is 11.7. The number of nitrogens with two attached hydrogens (primary N) is 1. The van der Waals surface area contributed by atoms with Crippen molar-refractivity contribution in [1.29, 1.82) is 0 Å². The predicted molar refractivity (Wildman–Crippen MR) is 63.7 cm³/mol. The molecule has 1 aromatic heterocycles. The van der Waals surface area contributed by atoms with Crippen molar-refractivity contribution < 1.29 is 9.26 Å². The number of nitrogen functional groups attached to an aromatic ring is 1. The zero-order valence-electron chi connectivity index (χ0n) is 9.09. The minimum Gasteiger partial charge on any atom is -0.476 e. The summed E-state index contributed by atoms with van der Waals surface area (Å²) in [5.74, 6) is 0.989. The molecule has 0 saturated carbocycles. The number of aliphatic imine (C=N–C) groups is 1. The van der Waals surface area contributed by atoms with E-state index in [2.05, 4.69) is 10.1 Å². The molecule has 5 heteroatoms. The Bertz CT molecular complexity index is 575. The normalized spacial score (nSPS) is 14.5. The molecular formula is C12H11N3O2. The van der Waals surface area contributed by atoms with Crippen LogP contribution in [-0.2, 0) is 4.74 Å². The summed E-state index contributed by atoms with van der Waals surface area (Å²) in [7, 11) is 0. The van der Waals surface area contributed by atoms with Gasteiger partial charge in [0.2, 0.25) is 11.8 Å². The maximum atomic E-state index is 5.50. The van der Waals surface area contributed by atoms with E-state index in [1.807, 2.05) is 24.3 Å². The standard InChI is InChI=1S/C12H11N3O2/c13-11-7-10(15-17-11)8-2-1-3-9(6-8)12-14-4-5-16-12/h1-3,6-7H,4-5,13H2. The van der Waals surface area contributed by atoms with Crippen LogP contribution in [0.3, 0.4) is 0 Å². The number of nitrogens with zero attached hydrogens (tertiary/aromatic N) is 2. The highest BCUT2D eigenvalue weighted by Gasteiger charge is 2.12. The fraction of sp³-hybridized carbons (Fsp3) is 0.167. The van der Waals surface area contributed by atoms with E-state index in [0.717, 1.165) is 17.7 Å². The monoisotopic (exact) mass is 229 g/mol. The highest BCUT2D eigenvalue weighted by atomic mass is 16.5. The summed E-state index contributed by atoms with van der Waals surface area (Å²) in [4.78, 5) is 4.27. The van der Waals surface area contributed by atoms with Gasteiger partial charge in [-0.05, 0) is 12.1 Å². The molecule has 0 atom stereocenters. The molecule has 0 spiro atoms. The third-order valence-electron chi connectivity index (χ3n) is 2.52. The molecule has 2 aromatic rings. The minimum atomic E-state index is 0.305. The second-order valence-corrected chi connectivity index (χ2v) is 3.73. The van der Waals surface area contributed by atoms with E-state index < -0.39 is 0 Å². The van der Waals surface area contributed by atoms with Crippen molar-refractivity contribution in [3.63, 3.8) is 0 Å². The summed E-state index contributed by atoms with van der Waals surface area (Å²) >= 11 is 0. The van der Waals surface area contributed by atoms with Crippen molar-refractivity contribution in [1.82, 2.24) is 5.16 Å². The van der Waals surface area contributed by atoms with Crippen LogP contribution in [0.2, 0.25) is 0 Å². The van der Waals surface area contributed by atoms with Crippen LogP contribution in [-0.4, -0.2) is 24.2 Å². The lowest BCUT2D eigenvalue weighted by molar-refractivity contribution is 0.348. The maximum absolute atomic E-state index is 5.50. The Morgan fingerprint density at radius 3 is 2.76 bits per heavy atom. The molecule has 0 unspecified atom stereocenters. The first-order valence-electron chi connectivity index (χ1n) is 5.33. The molecule has 1 aliphatic rings. The molecule has 0 amide bonds. The third-order valence-corrected chi connectivity index (χ3v) is 2.52. The van der Waals surface area contributed by atoms with Crippen LogP contribution < -0.4 is 5.73 Å². The molecule has 0 fully saturated rings. The highest BCUT2D eigenvalue weighted by Crippen LogP contribution is 2.22. The van der Waals surface area contributed by atoms with Gasteiger partial charge in [-0.2, -0.15) is 0 Å². The number of anilines is 1. The average Bonchev–Trinajstić information content (AvgIpc) is 3.00. The molecule has 0 bridgehead atoms. The summed E-state index contributed by atoms with van der Waals surface area (Å²) in [5, 5.41) is 3.87. The lowest BCUT2D eigenvalue weighted by Crippen LogP contribution is -2.00. The van der Waals surface area contributed by atoms with Gasteiger partial charge in [0.15, 0.2) is 0 Å². The van der Waals surface area contributed by atoms with E-state index in [9.17, 15) is 0 Å². The van der Waals surface area contributed by atoms with E-state index in [1.54, 1.807) is 6.07 Å². The van der Waals surface area contributed by atoms with Gasteiger partial charge >= 0.3 is 0 Å². The second kappa shape index (κ2) is 3.93. The Kier molecular flexibility index (Phi) is 2.29. The van der Waals surface area contributed by atoms with Gasteiger partial charge in [0, 0.05) is 17.2 Å². The number of hydrogen-bond acceptors (Lipinski definition) is 5. The molecule has 86 valence electrons. The Morgan fingerprint density at radius 2 is 2.06 bits per heavy atom. The van der Waals surface area contributed by atoms with Crippen LogP contribution >= 0.6 is 0 Å². The lowest BCUT2D eigenvalue weighted by Gasteiger charge is -2.02. The fourth-order valence-electron chi connectivity index (χ4n) is 1.75. The Balaban J connectivity index is 1.99. The van der Waals surface area contributed by atoms with Gasteiger partial charge in [-0.1, -0.05) is 17.3 Å². The molecule has 17 heavy (non-hydrogen) atoms. The number of hydrogen-bond donors (Lipinski definition) is 1. The summed E-state index contributed by atoms with van der Waals surface area (Å²) in [6.45, 7) is 1.37. The van der Waals surface area contributed by atoms with Crippen LogP contribution in [0.5, 0.6) is 0 Å². The van der Waals surface area contributed by atoms with Gasteiger partial charge in [-0.25, -0.2) is 4.99 Å². The fourth-order valence-corrected chi connectivity index (χ4v) is 1.75. The first-order chi connectivity index (χ1) is 8.33. The van der Waals surface area contributed by atoms with Crippen LogP contribution in [0.4, 0.5) is 5.88 Å². The Hall–Kier alpha value is -2.30. The molecular weight excluding hydrogens is 218 g/mol. The van der Waals surface area contributed by atoms with Crippen molar-refractivity contribution >= 4 is 11.8 Å². The first kappa shape index (κ1) is 9.89. The number of ether oxygens (including phenoxy) is 1. The van der Waals surface area contributed by atoms with Crippen molar-refractivity contribution in [2.24, 2.45) is 4.99 Å². The lowest BCUT2D eigenvalue weighted by atomic mass is 10.1. The first-order valence-corrected chi connectivity index (χ1v) is 5.33. The van der Waals surface area contributed by atoms with Gasteiger partial charge in [0.25, 0.3) is 0 Å². The van der Waals surface area contributed by atoms with Crippen LogP contribution in [0, 0.1) is 0 Å². The zero-order valence-corrected chi connectivity index (χ0v) is 9.09. The maximum Gasteiger partial charge on any atom is 0.222 e. The topological polar surface area (TPSA) is 73.6 Å². The number of aromatic nitrogens is 1. The van der Waals surface area contributed by atoms with E-state index >= 15 is 0 Å². The minimum absolute atomic E-state index is 0.305. The molecule has 2 N–H and O–H groups in total. The van der Waals surface area contributed by atoms with E-state index in [-0.39, 0.29) is 0 Å². The van der Waals surface area contributed by atoms with Crippen molar-refractivity contribution in [3.8, 4) is 11.3 Å². The SMILES string of the molecule is Nc1cc(-c2cccc(C3=NCCO3)c2)no1. The number of benzene rings is 1. The summed E-state index contributed by atoms with van der Waals surface area (Å²) in [6.07, 6.45) is 0. The molecule has 0 aliphatic carbocycles. The predicted octanol–water partition coefficient (Wildman–Crippen LogP) is 1.70. The van der Waals surface area contributed by atoms with Crippen LogP contribution in [0.25, 0.3) is 11.3 Å². The molecule has 5 nitrogen and oxygen atoms in total. The van der Waals surface area contributed by atoms with E-state index in [1.165, 1.54) is 0 Å². The van der Waals surface area contributed by atoms with E-state index in [0.29, 0.717) is 24.1 Å². The van der Waals surface area contributed by atoms with Gasteiger partial charge in [0.1, 0.15) is 12.3 Å². The Morgan fingerprint density at radius 1 is 1.18 bits per heavy atom. The van der Waals surface area contributed by atoms with Crippen LogP contribution in [0.15, 0.2) is 39.8 Å². The molecule has 1 aromatic carbocycles. The number of rotatable bonds is 2. The smallest absolute Gasteiger partial charge is 0.222 e. The largest absolute Gasteiger partial charge is 0.476 e. The molecule has 1 aliphatic heterocycles. The second-order valence-electron chi connectivity index (χ2n) is 3.73. The van der Waals surface area contributed by atoms with Gasteiger partial charge < -0.3 is 15.0 Å². The van der Waals surface area contributed by atoms with E-state index in [4.69, 9.17) is 15.0 Å². The van der Waals surface area contributed by atoms with Gasteiger partial charge in [-0.3, -0.25) is 0 Å².